The van der Waals surface area contributed by atoms with Crippen molar-refractivity contribution in [2.45, 2.75) is 45.3 Å². The predicted octanol–water partition coefficient (Wildman–Crippen LogP) is 1.20. The molecule has 0 amide bonds. The Morgan fingerprint density at radius 2 is 1.69 bits per heavy atom. The smallest absolute Gasteiger partial charge is 0.399 e. The molecule has 3 aromatic rings. The number of rotatable bonds is 3. The van der Waals surface area contributed by atoms with Crippen molar-refractivity contribution in [3.63, 3.8) is 0 Å². The van der Waals surface area contributed by atoms with Crippen molar-refractivity contribution in [2.75, 3.05) is 0 Å². The second-order valence-corrected chi connectivity index (χ2v) is 7.46. The van der Waals surface area contributed by atoms with E-state index >= 15 is 0 Å². The van der Waals surface area contributed by atoms with Gasteiger partial charge in [0.05, 0.1) is 11.2 Å². The third-order valence-corrected chi connectivity index (χ3v) is 5.08. The molecule has 0 radical (unpaired) electrons. The number of fused-ring (bicyclic) bond motifs is 1. The number of aromatic amines is 1. The average molecular weight is 354 g/mol. The van der Waals surface area contributed by atoms with Gasteiger partial charge in [0.1, 0.15) is 5.69 Å². The van der Waals surface area contributed by atoms with Crippen LogP contribution in [-0.2, 0) is 15.7 Å². The molecule has 0 bridgehead atoms. The van der Waals surface area contributed by atoms with Crippen LogP contribution in [0.4, 0.5) is 0 Å². The fraction of sp³-hybridized carbons (Fsp3) is 0.412. The van der Waals surface area contributed by atoms with Crippen molar-refractivity contribution in [3.05, 3.63) is 45.9 Å². The van der Waals surface area contributed by atoms with Crippen molar-refractivity contribution >= 4 is 23.9 Å². The molecule has 1 aromatic carbocycles. The van der Waals surface area contributed by atoms with Crippen molar-refractivity contribution in [1.82, 2.24) is 20.3 Å². The van der Waals surface area contributed by atoms with E-state index in [1.165, 1.54) is 0 Å². The molecule has 8 nitrogen and oxygen atoms in total. The van der Waals surface area contributed by atoms with Gasteiger partial charge in [-0.25, -0.2) is 9.61 Å². The van der Waals surface area contributed by atoms with E-state index in [-0.39, 0.29) is 28.1 Å². The van der Waals surface area contributed by atoms with Gasteiger partial charge in [-0.15, -0.1) is 0 Å². The van der Waals surface area contributed by atoms with E-state index in [9.17, 15) is 4.79 Å². The lowest BCUT2D eigenvalue weighted by molar-refractivity contribution is 0.00578. The summed E-state index contributed by atoms with van der Waals surface area (Å²) in [7, 11) is -0.409. The van der Waals surface area contributed by atoms with E-state index in [1.54, 1.807) is 0 Å². The van der Waals surface area contributed by atoms with Gasteiger partial charge in [-0.1, -0.05) is 24.3 Å². The highest BCUT2D eigenvalue weighted by molar-refractivity contribution is 6.62. The number of aromatic nitrogens is 4. The molecule has 1 aliphatic heterocycles. The number of H-pyrrole nitrogens is 1. The Bertz CT molecular complexity index is 994. The van der Waals surface area contributed by atoms with Crippen LogP contribution in [0.1, 0.15) is 39.0 Å². The van der Waals surface area contributed by atoms with Gasteiger partial charge in [0.25, 0.3) is 5.56 Å². The summed E-state index contributed by atoms with van der Waals surface area (Å²) >= 11 is 0. The second-order valence-electron chi connectivity index (χ2n) is 7.46. The Kier molecular flexibility index (Phi) is 3.74. The highest BCUT2D eigenvalue weighted by Gasteiger charge is 2.51. The Balaban J connectivity index is 1.55. The largest absolute Gasteiger partial charge is 0.494 e. The molecule has 0 aliphatic carbocycles. The molecule has 9 heteroatoms. The third-order valence-electron chi connectivity index (χ3n) is 5.08. The molecule has 1 N–H and O–H groups in total. The quantitative estimate of drug-likeness (QED) is 0.705. The van der Waals surface area contributed by atoms with Crippen molar-refractivity contribution in [2.24, 2.45) is 0 Å². The van der Waals surface area contributed by atoms with Gasteiger partial charge in [0.2, 0.25) is 11.3 Å². The first-order chi connectivity index (χ1) is 12.2. The number of nitrogens with one attached hydrogen (secondary N) is 1. The van der Waals surface area contributed by atoms with Gasteiger partial charge in [-0.3, -0.25) is 9.78 Å². The first-order valence-electron chi connectivity index (χ1n) is 8.41. The minimum atomic E-state index is -0.409. The SMILES string of the molecule is CC1(C)OB(c2ccc(Cc3nc4nonc4[nH]c3=O)cc2)OC1(C)C. The number of nitrogens with zero attached hydrogens (tertiary/aromatic N) is 3. The van der Waals surface area contributed by atoms with Crippen LogP contribution in [0.3, 0.4) is 0 Å². The maximum atomic E-state index is 12.1. The van der Waals surface area contributed by atoms with Gasteiger partial charge in [0, 0.05) is 6.42 Å². The predicted molar refractivity (Wildman–Crippen MR) is 95.2 cm³/mol. The standard InChI is InChI=1S/C17H19BN4O4/c1-16(2)17(3,4)25-18(24-16)11-7-5-10(6-8-11)9-12-15(23)20-14-13(19-12)21-26-22-14/h5-8H,9H2,1-4H3,(H,20,22,23). The maximum absolute atomic E-state index is 12.1. The summed E-state index contributed by atoms with van der Waals surface area (Å²) in [6, 6.07) is 7.77. The Morgan fingerprint density at radius 3 is 2.35 bits per heavy atom. The van der Waals surface area contributed by atoms with Crippen molar-refractivity contribution in [3.8, 4) is 0 Å². The zero-order chi connectivity index (χ0) is 18.5. The molecule has 134 valence electrons. The Labute approximate surface area is 150 Å². The van der Waals surface area contributed by atoms with E-state index in [1.807, 2.05) is 52.0 Å². The lowest BCUT2D eigenvalue weighted by atomic mass is 9.78. The molecule has 0 unspecified atom stereocenters. The fourth-order valence-electron chi connectivity index (χ4n) is 2.78. The Hall–Kier alpha value is -2.52. The molecular formula is C17H19BN4O4. The summed E-state index contributed by atoms with van der Waals surface area (Å²) in [5.41, 5.74) is 1.70. The topological polar surface area (TPSA) is 103 Å². The molecule has 0 spiro atoms. The highest BCUT2D eigenvalue weighted by Crippen LogP contribution is 2.36. The van der Waals surface area contributed by atoms with E-state index in [2.05, 4.69) is 24.9 Å². The molecule has 3 heterocycles. The van der Waals surface area contributed by atoms with Crippen LogP contribution in [-0.4, -0.2) is 38.6 Å². The zero-order valence-electron chi connectivity index (χ0n) is 15.1. The molecule has 26 heavy (non-hydrogen) atoms. The van der Waals surface area contributed by atoms with Gasteiger partial charge in [0.15, 0.2) is 0 Å². The lowest BCUT2D eigenvalue weighted by Gasteiger charge is -2.32. The lowest BCUT2D eigenvalue weighted by Crippen LogP contribution is -2.41. The molecule has 1 saturated heterocycles. The second kappa shape index (κ2) is 5.75. The fourth-order valence-corrected chi connectivity index (χ4v) is 2.78. The van der Waals surface area contributed by atoms with E-state index in [0.717, 1.165) is 11.0 Å². The molecule has 4 rings (SSSR count). The average Bonchev–Trinajstić information content (AvgIpc) is 3.09. The molecule has 1 fully saturated rings. The molecule has 0 atom stereocenters. The van der Waals surface area contributed by atoms with E-state index in [0.29, 0.717) is 12.1 Å². The van der Waals surface area contributed by atoms with Crippen LogP contribution in [0.5, 0.6) is 0 Å². The molecule has 0 saturated carbocycles. The first kappa shape index (κ1) is 16.9. The van der Waals surface area contributed by atoms with Gasteiger partial charge < -0.3 is 9.31 Å². The summed E-state index contributed by atoms with van der Waals surface area (Å²) < 4.78 is 16.7. The third kappa shape index (κ3) is 2.83. The summed E-state index contributed by atoms with van der Waals surface area (Å²) in [6.07, 6.45) is 0.377. The van der Waals surface area contributed by atoms with Gasteiger partial charge in [-0.05, 0) is 49.0 Å². The summed E-state index contributed by atoms with van der Waals surface area (Å²) in [4.78, 5) is 18.9. The number of hydrogen-bond acceptors (Lipinski definition) is 7. The molecule has 1 aliphatic rings. The van der Waals surface area contributed by atoms with E-state index in [4.69, 9.17) is 9.31 Å². The van der Waals surface area contributed by atoms with Crippen LogP contribution < -0.4 is 11.0 Å². The highest BCUT2D eigenvalue weighted by atomic mass is 16.7. The zero-order valence-corrected chi connectivity index (χ0v) is 15.1. The Morgan fingerprint density at radius 1 is 1.04 bits per heavy atom. The van der Waals surface area contributed by atoms with Crippen LogP contribution in [0.25, 0.3) is 11.3 Å². The summed E-state index contributed by atoms with van der Waals surface area (Å²) in [6.45, 7) is 8.09. The van der Waals surface area contributed by atoms with Gasteiger partial charge >= 0.3 is 7.12 Å². The van der Waals surface area contributed by atoms with Gasteiger partial charge in [-0.2, -0.15) is 0 Å². The summed E-state index contributed by atoms with van der Waals surface area (Å²) in [5, 5.41) is 7.23. The van der Waals surface area contributed by atoms with Crippen molar-refractivity contribution in [1.29, 1.82) is 0 Å². The normalized spacial score (nSPS) is 18.5. The number of benzene rings is 1. The number of hydrogen-bond donors (Lipinski definition) is 1. The molecular weight excluding hydrogens is 335 g/mol. The minimum absolute atomic E-state index is 0.245. The maximum Gasteiger partial charge on any atom is 0.494 e. The first-order valence-corrected chi connectivity index (χ1v) is 8.41. The summed E-state index contributed by atoms with van der Waals surface area (Å²) in [5.74, 6) is 0. The van der Waals surface area contributed by atoms with Crippen LogP contribution >= 0.6 is 0 Å². The van der Waals surface area contributed by atoms with Crippen LogP contribution in [0.2, 0.25) is 0 Å². The molecule has 2 aromatic heterocycles. The van der Waals surface area contributed by atoms with Crippen LogP contribution in [0.15, 0.2) is 33.7 Å². The monoisotopic (exact) mass is 354 g/mol. The van der Waals surface area contributed by atoms with Crippen LogP contribution in [0, 0.1) is 0 Å². The minimum Gasteiger partial charge on any atom is -0.399 e. The van der Waals surface area contributed by atoms with Crippen molar-refractivity contribution < 1.29 is 13.9 Å². The van der Waals surface area contributed by atoms with E-state index < -0.39 is 7.12 Å².